The number of nitrogens with one attached hydrogen (secondary N) is 1. The number of thioether (sulfide) groups is 1. The minimum absolute atomic E-state index is 0.0749. The number of benzene rings is 1. The summed E-state index contributed by atoms with van der Waals surface area (Å²) < 4.78 is 0. The van der Waals surface area contributed by atoms with Gasteiger partial charge in [-0.1, -0.05) is 37.7 Å². The van der Waals surface area contributed by atoms with Gasteiger partial charge in [0, 0.05) is 11.4 Å². The standard InChI is InChI=1S/C15H22N2S/c1-11(2)12-5-7-13(8-6-12)16-14-17-15(3,4)9-10-18-14/h5-8,11H,9-10H2,1-4H3,(H,16,17). The van der Waals surface area contributed by atoms with Gasteiger partial charge in [-0.25, -0.2) is 0 Å². The zero-order valence-electron chi connectivity index (χ0n) is 11.7. The van der Waals surface area contributed by atoms with Gasteiger partial charge < -0.3 is 5.32 Å². The predicted octanol–water partition coefficient (Wildman–Crippen LogP) is 4.49. The van der Waals surface area contributed by atoms with Crippen molar-refractivity contribution in [2.75, 3.05) is 11.1 Å². The summed E-state index contributed by atoms with van der Waals surface area (Å²) in [5.74, 6) is 1.72. The van der Waals surface area contributed by atoms with Gasteiger partial charge >= 0.3 is 0 Å². The average molecular weight is 262 g/mol. The molecule has 0 spiro atoms. The lowest BCUT2D eigenvalue weighted by Gasteiger charge is -2.26. The highest BCUT2D eigenvalue weighted by Crippen LogP contribution is 2.27. The predicted molar refractivity (Wildman–Crippen MR) is 82.7 cm³/mol. The molecule has 18 heavy (non-hydrogen) atoms. The molecule has 1 aliphatic heterocycles. The minimum atomic E-state index is 0.0749. The largest absolute Gasteiger partial charge is 0.335 e. The summed E-state index contributed by atoms with van der Waals surface area (Å²) in [5.41, 5.74) is 2.58. The van der Waals surface area contributed by atoms with Crippen LogP contribution in [0, 0.1) is 0 Å². The van der Waals surface area contributed by atoms with Crippen molar-refractivity contribution in [1.82, 2.24) is 0 Å². The first kappa shape index (κ1) is 13.5. The Hall–Kier alpha value is -0.960. The van der Waals surface area contributed by atoms with Crippen molar-refractivity contribution in [3.05, 3.63) is 29.8 Å². The van der Waals surface area contributed by atoms with Crippen LogP contribution in [0.4, 0.5) is 5.69 Å². The Kier molecular flexibility index (Phi) is 4.00. The van der Waals surface area contributed by atoms with Crippen LogP contribution in [0.3, 0.4) is 0 Å². The number of aliphatic imine (C=N–C) groups is 1. The molecule has 1 aromatic carbocycles. The zero-order chi connectivity index (χ0) is 13.2. The SMILES string of the molecule is CC(C)c1ccc(NC2=NC(C)(C)CCS2)cc1. The fraction of sp³-hybridized carbons (Fsp3) is 0.533. The van der Waals surface area contributed by atoms with Crippen LogP contribution in [0.2, 0.25) is 0 Å². The van der Waals surface area contributed by atoms with Crippen LogP contribution in [0.15, 0.2) is 29.3 Å². The summed E-state index contributed by atoms with van der Waals surface area (Å²) >= 11 is 1.81. The fourth-order valence-corrected chi connectivity index (χ4v) is 3.20. The van der Waals surface area contributed by atoms with E-state index >= 15 is 0 Å². The number of hydrogen-bond acceptors (Lipinski definition) is 3. The van der Waals surface area contributed by atoms with Gasteiger partial charge in [0.15, 0.2) is 5.17 Å². The van der Waals surface area contributed by atoms with Gasteiger partial charge in [-0.05, 0) is 43.9 Å². The van der Waals surface area contributed by atoms with Crippen LogP contribution in [0.5, 0.6) is 0 Å². The van der Waals surface area contributed by atoms with E-state index in [4.69, 9.17) is 4.99 Å². The maximum absolute atomic E-state index is 4.74. The summed E-state index contributed by atoms with van der Waals surface area (Å²) in [6, 6.07) is 8.65. The monoisotopic (exact) mass is 262 g/mol. The molecule has 0 unspecified atom stereocenters. The highest BCUT2D eigenvalue weighted by Gasteiger charge is 2.22. The molecule has 0 bridgehead atoms. The van der Waals surface area contributed by atoms with Gasteiger partial charge in [-0.2, -0.15) is 0 Å². The van der Waals surface area contributed by atoms with Gasteiger partial charge in [0.25, 0.3) is 0 Å². The molecular formula is C15H22N2S. The molecule has 0 amide bonds. The van der Waals surface area contributed by atoms with Crippen molar-refractivity contribution in [3.8, 4) is 0 Å². The maximum atomic E-state index is 4.74. The fourth-order valence-electron chi connectivity index (χ4n) is 1.90. The summed E-state index contributed by atoms with van der Waals surface area (Å²) in [6.45, 7) is 8.81. The molecule has 0 atom stereocenters. The van der Waals surface area contributed by atoms with Crippen LogP contribution in [-0.2, 0) is 0 Å². The van der Waals surface area contributed by atoms with E-state index in [-0.39, 0.29) is 5.54 Å². The van der Waals surface area contributed by atoms with Crippen LogP contribution < -0.4 is 5.32 Å². The normalized spacial score (nSPS) is 18.6. The molecule has 2 nitrogen and oxygen atoms in total. The lowest BCUT2D eigenvalue weighted by atomic mass is 10.0. The molecule has 0 radical (unpaired) electrons. The maximum Gasteiger partial charge on any atom is 0.161 e. The Labute approximate surface area is 114 Å². The molecule has 1 aromatic rings. The zero-order valence-corrected chi connectivity index (χ0v) is 12.5. The Morgan fingerprint density at radius 2 is 1.89 bits per heavy atom. The van der Waals surface area contributed by atoms with Crippen LogP contribution in [0.25, 0.3) is 0 Å². The number of rotatable bonds is 2. The minimum Gasteiger partial charge on any atom is -0.335 e. The summed E-state index contributed by atoms with van der Waals surface area (Å²) in [4.78, 5) is 4.74. The van der Waals surface area contributed by atoms with Gasteiger partial charge in [0.2, 0.25) is 0 Å². The molecule has 3 heteroatoms. The van der Waals surface area contributed by atoms with Gasteiger partial charge in [0.1, 0.15) is 0 Å². The molecule has 98 valence electrons. The summed E-state index contributed by atoms with van der Waals surface area (Å²) in [6.07, 6.45) is 1.15. The Bertz CT molecular complexity index is 432. The van der Waals surface area contributed by atoms with Crippen molar-refractivity contribution >= 4 is 22.6 Å². The first-order valence-electron chi connectivity index (χ1n) is 6.56. The Balaban J connectivity index is 2.08. The first-order chi connectivity index (χ1) is 8.46. The number of nitrogens with zero attached hydrogens (tertiary/aromatic N) is 1. The van der Waals surface area contributed by atoms with E-state index in [1.54, 1.807) is 0 Å². The quantitative estimate of drug-likeness (QED) is 0.849. The molecule has 0 saturated heterocycles. The van der Waals surface area contributed by atoms with Crippen LogP contribution >= 0.6 is 11.8 Å². The third-order valence-electron chi connectivity index (χ3n) is 3.19. The molecule has 0 aromatic heterocycles. The van der Waals surface area contributed by atoms with Crippen molar-refractivity contribution < 1.29 is 0 Å². The Morgan fingerprint density at radius 1 is 1.22 bits per heavy atom. The number of anilines is 1. The molecule has 0 saturated carbocycles. The molecule has 0 fully saturated rings. The van der Waals surface area contributed by atoms with E-state index in [0.29, 0.717) is 5.92 Å². The van der Waals surface area contributed by atoms with Crippen molar-refractivity contribution in [2.45, 2.75) is 45.6 Å². The highest BCUT2D eigenvalue weighted by atomic mass is 32.2. The second-order valence-electron chi connectivity index (χ2n) is 5.73. The molecule has 1 heterocycles. The Morgan fingerprint density at radius 3 is 2.44 bits per heavy atom. The first-order valence-corrected chi connectivity index (χ1v) is 7.54. The lowest BCUT2D eigenvalue weighted by Crippen LogP contribution is -2.27. The molecule has 1 aliphatic rings. The van der Waals surface area contributed by atoms with Gasteiger partial charge in [0.05, 0.1) is 5.54 Å². The molecule has 0 aliphatic carbocycles. The van der Waals surface area contributed by atoms with Gasteiger partial charge in [-0.15, -0.1) is 0 Å². The highest BCUT2D eigenvalue weighted by molar-refractivity contribution is 8.14. The van der Waals surface area contributed by atoms with Gasteiger partial charge in [-0.3, -0.25) is 4.99 Å². The molecular weight excluding hydrogens is 240 g/mol. The van der Waals surface area contributed by atoms with Crippen molar-refractivity contribution in [2.24, 2.45) is 4.99 Å². The topological polar surface area (TPSA) is 24.4 Å². The number of amidine groups is 1. The van der Waals surface area contributed by atoms with E-state index in [0.717, 1.165) is 23.0 Å². The molecule has 1 N–H and O–H groups in total. The third kappa shape index (κ3) is 3.52. The number of hydrogen-bond donors (Lipinski definition) is 1. The van der Waals surface area contributed by atoms with Crippen LogP contribution in [0.1, 0.15) is 45.6 Å². The summed E-state index contributed by atoms with van der Waals surface area (Å²) in [7, 11) is 0. The molecule has 2 rings (SSSR count). The third-order valence-corrected chi connectivity index (χ3v) is 4.06. The van der Waals surface area contributed by atoms with Crippen molar-refractivity contribution in [1.29, 1.82) is 0 Å². The smallest absolute Gasteiger partial charge is 0.161 e. The second-order valence-corrected chi connectivity index (χ2v) is 6.81. The van der Waals surface area contributed by atoms with E-state index in [2.05, 4.69) is 57.3 Å². The van der Waals surface area contributed by atoms with E-state index in [9.17, 15) is 0 Å². The van der Waals surface area contributed by atoms with Crippen molar-refractivity contribution in [3.63, 3.8) is 0 Å². The summed E-state index contributed by atoms with van der Waals surface area (Å²) in [5, 5.41) is 4.46. The van der Waals surface area contributed by atoms with E-state index < -0.39 is 0 Å². The lowest BCUT2D eigenvalue weighted by molar-refractivity contribution is 0.507. The van der Waals surface area contributed by atoms with E-state index in [1.807, 2.05) is 11.8 Å². The second kappa shape index (κ2) is 5.35. The van der Waals surface area contributed by atoms with E-state index in [1.165, 1.54) is 5.56 Å². The van der Waals surface area contributed by atoms with Crippen LogP contribution in [-0.4, -0.2) is 16.5 Å². The average Bonchev–Trinajstić information content (AvgIpc) is 2.28.